The highest BCUT2D eigenvalue weighted by atomic mass is 14.5. The molecule has 1 fully saturated rings. The van der Waals surface area contributed by atoms with E-state index in [0.29, 0.717) is 0 Å². The molecule has 1 heteroatoms. The van der Waals surface area contributed by atoms with E-state index >= 15 is 0 Å². The van der Waals surface area contributed by atoms with Crippen LogP contribution in [0.4, 0.5) is 0 Å². The Morgan fingerprint density at radius 1 is 1.17 bits per heavy atom. The number of hydrogen-bond donors (Lipinski definition) is 1. The highest BCUT2D eigenvalue weighted by Crippen LogP contribution is 2.29. The van der Waals surface area contributed by atoms with E-state index in [0.717, 1.165) is 18.4 Å². The summed E-state index contributed by atoms with van der Waals surface area (Å²) in [4.78, 5) is 0. The van der Waals surface area contributed by atoms with Gasteiger partial charge in [-0.2, -0.15) is 0 Å². The Morgan fingerprint density at radius 3 is 2.25 bits per heavy atom. The fourth-order valence-electron chi connectivity index (χ4n) is 2.38. The first-order chi connectivity index (χ1) is 5.84. The third-order valence-electron chi connectivity index (χ3n) is 3.33. The normalized spacial score (nSPS) is 23.5. The van der Waals surface area contributed by atoms with Crippen LogP contribution in [0.3, 0.4) is 0 Å². The molecule has 0 aromatic heterocycles. The van der Waals surface area contributed by atoms with Crippen molar-refractivity contribution in [1.29, 1.82) is 0 Å². The van der Waals surface area contributed by atoms with Gasteiger partial charge in [0.25, 0.3) is 0 Å². The lowest BCUT2D eigenvalue weighted by atomic mass is 9.85. The lowest BCUT2D eigenvalue weighted by molar-refractivity contribution is 0.307. The minimum absolute atomic E-state index is 0.869. The molecule has 1 rings (SSSR count). The van der Waals surface area contributed by atoms with Crippen LogP contribution in [0.1, 0.15) is 51.9 Å². The van der Waals surface area contributed by atoms with Crippen LogP contribution in [0.25, 0.3) is 0 Å². The monoisotopic (exact) mass is 169 g/mol. The molecule has 0 aliphatic heterocycles. The summed E-state index contributed by atoms with van der Waals surface area (Å²) in [5.74, 6) is 1.85. The predicted octanol–water partition coefficient (Wildman–Crippen LogP) is 2.94. The molecule has 1 unspecified atom stereocenters. The van der Waals surface area contributed by atoms with Gasteiger partial charge in [0, 0.05) is 0 Å². The van der Waals surface area contributed by atoms with Crippen LogP contribution in [-0.4, -0.2) is 6.54 Å². The molecule has 0 radical (unpaired) electrons. The third kappa shape index (κ3) is 3.14. The predicted molar refractivity (Wildman–Crippen MR) is 54.0 cm³/mol. The standard InChI is InChI=1S/C11H23N/c1-10(8-9-12)11-6-4-2-3-5-7-11/h10-11H,2-9,12H2,1H3. The van der Waals surface area contributed by atoms with Crippen LogP contribution in [-0.2, 0) is 0 Å². The SMILES string of the molecule is CC(CCN)C1CCCCCC1. The highest BCUT2D eigenvalue weighted by Gasteiger charge is 2.17. The summed E-state index contributed by atoms with van der Waals surface area (Å²) < 4.78 is 0. The Bertz CT molecular complexity index is 104. The Labute approximate surface area is 76.7 Å². The van der Waals surface area contributed by atoms with Crippen molar-refractivity contribution >= 4 is 0 Å². The molecule has 0 spiro atoms. The zero-order valence-electron chi connectivity index (χ0n) is 8.39. The van der Waals surface area contributed by atoms with Crippen LogP contribution < -0.4 is 5.73 Å². The molecule has 2 N–H and O–H groups in total. The summed E-state index contributed by atoms with van der Waals surface area (Å²) in [5, 5.41) is 0. The summed E-state index contributed by atoms with van der Waals surface area (Å²) in [7, 11) is 0. The van der Waals surface area contributed by atoms with Crippen LogP contribution in [0.5, 0.6) is 0 Å². The van der Waals surface area contributed by atoms with E-state index in [-0.39, 0.29) is 0 Å². The van der Waals surface area contributed by atoms with Crippen molar-refractivity contribution in [2.24, 2.45) is 17.6 Å². The van der Waals surface area contributed by atoms with E-state index in [4.69, 9.17) is 5.73 Å². The molecular formula is C11H23N. The summed E-state index contributed by atoms with van der Waals surface area (Å²) in [6.45, 7) is 3.25. The summed E-state index contributed by atoms with van der Waals surface area (Å²) in [6.07, 6.45) is 9.99. The maximum Gasteiger partial charge on any atom is -0.00746 e. The third-order valence-corrected chi connectivity index (χ3v) is 3.33. The van der Waals surface area contributed by atoms with Crippen molar-refractivity contribution in [1.82, 2.24) is 0 Å². The average molecular weight is 169 g/mol. The zero-order chi connectivity index (χ0) is 8.81. The molecule has 0 heterocycles. The van der Waals surface area contributed by atoms with Crippen molar-refractivity contribution in [3.63, 3.8) is 0 Å². The van der Waals surface area contributed by atoms with Crippen molar-refractivity contribution < 1.29 is 0 Å². The topological polar surface area (TPSA) is 26.0 Å². The fourth-order valence-corrected chi connectivity index (χ4v) is 2.38. The first-order valence-corrected chi connectivity index (χ1v) is 5.54. The second-order valence-corrected chi connectivity index (χ2v) is 4.31. The number of rotatable bonds is 3. The molecule has 1 saturated carbocycles. The molecule has 1 atom stereocenters. The second-order valence-electron chi connectivity index (χ2n) is 4.31. The van der Waals surface area contributed by atoms with Crippen molar-refractivity contribution in [2.75, 3.05) is 6.54 Å². The highest BCUT2D eigenvalue weighted by molar-refractivity contribution is 4.70. The summed E-state index contributed by atoms with van der Waals surface area (Å²) in [6, 6.07) is 0. The molecule has 0 aromatic rings. The Hall–Kier alpha value is -0.0400. The van der Waals surface area contributed by atoms with E-state index in [9.17, 15) is 0 Å². The van der Waals surface area contributed by atoms with Gasteiger partial charge in [-0.3, -0.25) is 0 Å². The molecule has 1 nitrogen and oxygen atoms in total. The molecule has 0 saturated heterocycles. The van der Waals surface area contributed by atoms with Crippen LogP contribution in [0, 0.1) is 11.8 Å². The summed E-state index contributed by atoms with van der Waals surface area (Å²) >= 11 is 0. The van der Waals surface area contributed by atoms with Gasteiger partial charge in [-0.25, -0.2) is 0 Å². The smallest absolute Gasteiger partial charge is 0.00746 e. The molecule has 72 valence electrons. The zero-order valence-corrected chi connectivity index (χ0v) is 8.39. The Kier molecular flexibility index (Phi) is 4.67. The van der Waals surface area contributed by atoms with Gasteiger partial charge < -0.3 is 5.73 Å². The first kappa shape index (κ1) is 10.0. The van der Waals surface area contributed by atoms with Gasteiger partial charge in [-0.15, -0.1) is 0 Å². The minimum Gasteiger partial charge on any atom is -0.330 e. The van der Waals surface area contributed by atoms with Gasteiger partial charge in [-0.1, -0.05) is 45.4 Å². The molecule has 12 heavy (non-hydrogen) atoms. The first-order valence-electron chi connectivity index (χ1n) is 5.54. The van der Waals surface area contributed by atoms with E-state index in [2.05, 4.69) is 6.92 Å². The molecule has 0 bridgehead atoms. The quantitative estimate of drug-likeness (QED) is 0.646. The Morgan fingerprint density at radius 2 is 1.75 bits per heavy atom. The minimum atomic E-state index is 0.869. The van der Waals surface area contributed by atoms with E-state index in [1.807, 2.05) is 0 Å². The van der Waals surface area contributed by atoms with Gasteiger partial charge in [0.15, 0.2) is 0 Å². The van der Waals surface area contributed by atoms with E-state index < -0.39 is 0 Å². The van der Waals surface area contributed by atoms with Gasteiger partial charge in [0.2, 0.25) is 0 Å². The van der Waals surface area contributed by atoms with Gasteiger partial charge in [0.05, 0.1) is 0 Å². The molecule has 0 aromatic carbocycles. The van der Waals surface area contributed by atoms with Crippen LogP contribution >= 0.6 is 0 Å². The Balaban J connectivity index is 2.27. The van der Waals surface area contributed by atoms with E-state index in [1.165, 1.54) is 44.9 Å². The molecule has 1 aliphatic carbocycles. The summed E-state index contributed by atoms with van der Waals surface area (Å²) in [5.41, 5.74) is 5.58. The van der Waals surface area contributed by atoms with Crippen LogP contribution in [0.15, 0.2) is 0 Å². The maximum absolute atomic E-state index is 5.58. The molecule has 1 aliphatic rings. The van der Waals surface area contributed by atoms with Gasteiger partial charge in [-0.05, 0) is 24.8 Å². The van der Waals surface area contributed by atoms with Crippen molar-refractivity contribution in [3.8, 4) is 0 Å². The van der Waals surface area contributed by atoms with Crippen LogP contribution in [0.2, 0.25) is 0 Å². The number of hydrogen-bond acceptors (Lipinski definition) is 1. The lowest BCUT2D eigenvalue weighted by Crippen LogP contribution is -2.15. The van der Waals surface area contributed by atoms with Gasteiger partial charge >= 0.3 is 0 Å². The second kappa shape index (κ2) is 5.58. The van der Waals surface area contributed by atoms with Crippen molar-refractivity contribution in [3.05, 3.63) is 0 Å². The molecule has 0 amide bonds. The number of nitrogens with two attached hydrogens (primary N) is 1. The van der Waals surface area contributed by atoms with Crippen molar-refractivity contribution in [2.45, 2.75) is 51.9 Å². The average Bonchev–Trinajstić information content (AvgIpc) is 2.32. The fraction of sp³-hybridized carbons (Fsp3) is 1.00. The largest absolute Gasteiger partial charge is 0.330 e. The molecular weight excluding hydrogens is 146 g/mol. The van der Waals surface area contributed by atoms with Gasteiger partial charge in [0.1, 0.15) is 0 Å². The lowest BCUT2D eigenvalue weighted by Gasteiger charge is -2.21. The van der Waals surface area contributed by atoms with E-state index in [1.54, 1.807) is 0 Å². The maximum atomic E-state index is 5.58.